The molecular formula is C15H28O3. The maximum Gasteiger partial charge on any atom is 0.308 e. The molecule has 0 radical (unpaired) electrons. The quantitative estimate of drug-likeness (QED) is 0.466. The van der Waals surface area contributed by atoms with Crippen molar-refractivity contribution in [3.63, 3.8) is 0 Å². The molecule has 2 atom stereocenters. The zero-order valence-corrected chi connectivity index (χ0v) is 12.0. The van der Waals surface area contributed by atoms with Crippen molar-refractivity contribution in [1.29, 1.82) is 0 Å². The Balaban J connectivity index is 2.06. The van der Waals surface area contributed by atoms with E-state index in [4.69, 9.17) is 9.47 Å². The van der Waals surface area contributed by atoms with Crippen molar-refractivity contribution >= 4 is 5.97 Å². The molecule has 0 amide bonds. The topological polar surface area (TPSA) is 35.5 Å². The number of rotatable bonds is 9. The maximum absolute atomic E-state index is 11.8. The van der Waals surface area contributed by atoms with Gasteiger partial charge in [-0.15, -0.1) is 0 Å². The van der Waals surface area contributed by atoms with Gasteiger partial charge in [0, 0.05) is 6.61 Å². The SMILES string of the molecule is CCCC[C@H](CC)C(=O)OCCC[C@H]1CCCO1. The van der Waals surface area contributed by atoms with Crippen LogP contribution in [0.1, 0.15) is 65.2 Å². The summed E-state index contributed by atoms with van der Waals surface area (Å²) < 4.78 is 10.9. The van der Waals surface area contributed by atoms with Gasteiger partial charge in [0.25, 0.3) is 0 Å². The van der Waals surface area contributed by atoms with Crippen molar-refractivity contribution in [2.75, 3.05) is 13.2 Å². The first kappa shape index (κ1) is 15.5. The number of carbonyl (C=O) groups excluding carboxylic acids is 1. The fourth-order valence-electron chi connectivity index (χ4n) is 2.41. The van der Waals surface area contributed by atoms with E-state index in [9.17, 15) is 4.79 Å². The summed E-state index contributed by atoms with van der Waals surface area (Å²) in [5, 5.41) is 0. The lowest BCUT2D eigenvalue weighted by Crippen LogP contribution is -2.18. The van der Waals surface area contributed by atoms with Gasteiger partial charge in [0.05, 0.1) is 18.6 Å². The second-order valence-electron chi connectivity index (χ2n) is 5.19. The molecule has 0 bridgehead atoms. The molecule has 106 valence electrons. The molecule has 0 spiro atoms. The summed E-state index contributed by atoms with van der Waals surface area (Å²) in [5.41, 5.74) is 0. The zero-order chi connectivity index (χ0) is 13.2. The van der Waals surface area contributed by atoms with Gasteiger partial charge in [0.2, 0.25) is 0 Å². The Labute approximate surface area is 111 Å². The third-order valence-corrected chi connectivity index (χ3v) is 3.67. The standard InChI is InChI=1S/C15H28O3/c1-3-5-8-13(4-2)15(16)18-12-7-10-14-9-6-11-17-14/h13-14H,3-12H2,1-2H3/t13-,14+/m0/s1. The van der Waals surface area contributed by atoms with E-state index in [0.29, 0.717) is 12.7 Å². The highest BCUT2D eigenvalue weighted by Gasteiger charge is 2.18. The predicted molar refractivity (Wildman–Crippen MR) is 72.5 cm³/mol. The van der Waals surface area contributed by atoms with Crippen LogP contribution >= 0.6 is 0 Å². The van der Waals surface area contributed by atoms with Crippen LogP contribution in [0.2, 0.25) is 0 Å². The third kappa shape index (κ3) is 5.85. The number of esters is 1. The smallest absolute Gasteiger partial charge is 0.308 e. The first-order chi connectivity index (χ1) is 8.77. The molecule has 3 heteroatoms. The first-order valence-electron chi connectivity index (χ1n) is 7.56. The molecule has 1 aliphatic heterocycles. The maximum atomic E-state index is 11.8. The average Bonchev–Trinajstić information content (AvgIpc) is 2.88. The molecule has 3 nitrogen and oxygen atoms in total. The number of ether oxygens (including phenoxy) is 2. The Morgan fingerprint density at radius 3 is 2.83 bits per heavy atom. The van der Waals surface area contributed by atoms with Crippen LogP contribution in [0.4, 0.5) is 0 Å². The van der Waals surface area contributed by atoms with Crippen molar-refractivity contribution < 1.29 is 14.3 Å². The number of hydrogen-bond donors (Lipinski definition) is 0. The Hall–Kier alpha value is -0.570. The minimum atomic E-state index is -0.00158. The van der Waals surface area contributed by atoms with E-state index in [0.717, 1.165) is 45.1 Å². The molecule has 1 heterocycles. The van der Waals surface area contributed by atoms with Crippen LogP contribution in [0.25, 0.3) is 0 Å². The minimum absolute atomic E-state index is 0.00158. The van der Waals surface area contributed by atoms with Gasteiger partial charge in [0.15, 0.2) is 0 Å². The largest absolute Gasteiger partial charge is 0.465 e. The van der Waals surface area contributed by atoms with Crippen LogP contribution < -0.4 is 0 Å². The summed E-state index contributed by atoms with van der Waals surface area (Å²) in [5.74, 6) is 0.103. The lowest BCUT2D eigenvalue weighted by atomic mass is 10.00. The molecule has 1 rings (SSSR count). The summed E-state index contributed by atoms with van der Waals surface area (Å²) in [6.45, 7) is 5.67. The van der Waals surface area contributed by atoms with E-state index in [-0.39, 0.29) is 11.9 Å². The molecule has 0 aromatic rings. The number of unbranched alkanes of at least 4 members (excludes halogenated alkanes) is 1. The van der Waals surface area contributed by atoms with Crippen molar-refractivity contribution in [3.8, 4) is 0 Å². The summed E-state index contributed by atoms with van der Waals surface area (Å²) in [4.78, 5) is 11.8. The van der Waals surface area contributed by atoms with Gasteiger partial charge in [0.1, 0.15) is 0 Å². The summed E-state index contributed by atoms with van der Waals surface area (Å²) in [6, 6.07) is 0. The van der Waals surface area contributed by atoms with Crippen LogP contribution in [0.5, 0.6) is 0 Å². The van der Waals surface area contributed by atoms with E-state index in [1.54, 1.807) is 0 Å². The summed E-state index contributed by atoms with van der Waals surface area (Å²) in [6.07, 6.45) is 8.83. The highest BCUT2D eigenvalue weighted by molar-refractivity contribution is 5.72. The van der Waals surface area contributed by atoms with Crippen molar-refractivity contribution in [2.45, 2.75) is 71.3 Å². The molecule has 1 aliphatic rings. The molecule has 0 N–H and O–H groups in total. The summed E-state index contributed by atoms with van der Waals surface area (Å²) >= 11 is 0. The molecule has 18 heavy (non-hydrogen) atoms. The molecule has 0 aromatic heterocycles. The van der Waals surface area contributed by atoms with Crippen LogP contribution in [0.15, 0.2) is 0 Å². The van der Waals surface area contributed by atoms with Gasteiger partial charge in [-0.1, -0.05) is 26.7 Å². The Kier molecular flexibility index (Phi) is 8.06. The molecule has 0 aromatic carbocycles. The minimum Gasteiger partial charge on any atom is -0.465 e. The number of carbonyl (C=O) groups is 1. The molecule has 0 saturated carbocycles. The average molecular weight is 256 g/mol. The van der Waals surface area contributed by atoms with Gasteiger partial charge in [-0.05, 0) is 38.5 Å². The van der Waals surface area contributed by atoms with Crippen molar-refractivity contribution in [2.24, 2.45) is 5.92 Å². The molecule has 1 saturated heterocycles. The fraction of sp³-hybridized carbons (Fsp3) is 0.933. The van der Waals surface area contributed by atoms with Gasteiger partial charge >= 0.3 is 5.97 Å². The Morgan fingerprint density at radius 1 is 1.39 bits per heavy atom. The van der Waals surface area contributed by atoms with Gasteiger partial charge in [-0.3, -0.25) is 4.79 Å². The fourth-order valence-corrected chi connectivity index (χ4v) is 2.41. The monoisotopic (exact) mass is 256 g/mol. The third-order valence-electron chi connectivity index (χ3n) is 3.67. The van der Waals surface area contributed by atoms with E-state index in [1.165, 1.54) is 12.8 Å². The predicted octanol–water partition coefficient (Wildman–Crippen LogP) is 3.71. The molecule has 1 fully saturated rings. The lowest BCUT2D eigenvalue weighted by Gasteiger charge is -2.14. The highest BCUT2D eigenvalue weighted by Crippen LogP contribution is 2.18. The first-order valence-corrected chi connectivity index (χ1v) is 7.56. The van der Waals surface area contributed by atoms with Gasteiger partial charge < -0.3 is 9.47 Å². The van der Waals surface area contributed by atoms with Crippen LogP contribution in [-0.2, 0) is 14.3 Å². The van der Waals surface area contributed by atoms with Crippen LogP contribution in [0.3, 0.4) is 0 Å². The second-order valence-corrected chi connectivity index (χ2v) is 5.19. The second kappa shape index (κ2) is 9.37. The highest BCUT2D eigenvalue weighted by atomic mass is 16.5. The molecule has 0 aliphatic carbocycles. The zero-order valence-electron chi connectivity index (χ0n) is 12.0. The Morgan fingerprint density at radius 2 is 2.22 bits per heavy atom. The van der Waals surface area contributed by atoms with E-state index in [2.05, 4.69) is 13.8 Å². The molecule has 0 unspecified atom stereocenters. The van der Waals surface area contributed by atoms with Crippen molar-refractivity contribution in [1.82, 2.24) is 0 Å². The van der Waals surface area contributed by atoms with Gasteiger partial charge in [-0.25, -0.2) is 0 Å². The van der Waals surface area contributed by atoms with Crippen molar-refractivity contribution in [3.05, 3.63) is 0 Å². The van der Waals surface area contributed by atoms with Crippen LogP contribution in [-0.4, -0.2) is 25.3 Å². The number of hydrogen-bond acceptors (Lipinski definition) is 3. The normalized spacial score (nSPS) is 20.9. The van der Waals surface area contributed by atoms with E-state index in [1.807, 2.05) is 0 Å². The Bertz CT molecular complexity index is 222. The van der Waals surface area contributed by atoms with Gasteiger partial charge in [-0.2, -0.15) is 0 Å². The van der Waals surface area contributed by atoms with E-state index < -0.39 is 0 Å². The lowest BCUT2D eigenvalue weighted by molar-refractivity contribution is -0.149. The van der Waals surface area contributed by atoms with Crippen LogP contribution in [0, 0.1) is 5.92 Å². The molecular weight excluding hydrogens is 228 g/mol. The van der Waals surface area contributed by atoms with E-state index >= 15 is 0 Å². The summed E-state index contributed by atoms with van der Waals surface area (Å²) in [7, 11) is 0.